The monoisotopic (exact) mass is 286 g/mol. The van der Waals surface area contributed by atoms with Crippen molar-refractivity contribution in [1.82, 2.24) is 9.10 Å². The van der Waals surface area contributed by atoms with Gasteiger partial charge in [0, 0.05) is 18.7 Å². The van der Waals surface area contributed by atoms with Gasteiger partial charge in [0.15, 0.2) is 4.21 Å². The first kappa shape index (κ1) is 11.3. The molecule has 1 saturated carbocycles. The zero-order chi connectivity index (χ0) is 12.3. The van der Waals surface area contributed by atoms with Crippen molar-refractivity contribution in [3.8, 4) is 0 Å². The summed E-state index contributed by atoms with van der Waals surface area (Å²) >= 11 is 1.00. The molecule has 18 heavy (non-hydrogen) atoms. The van der Waals surface area contributed by atoms with Gasteiger partial charge >= 0.3 is 0 Å². The van der Waals surface area contributed by atoms with Gasteiger partial charge in [0.2, 0.25) is 0 Å². The van der Waals surface area contributed by atoms with E-state index < -0.39 is 10.0 Å². The molecule has 0 aromatic carbocycles. The summed E-state index contributed by atoms with van der Waals surface area (Å²) < 4.78 is 36.6. The summed E-state index contributed by atoms with van der Waals surface area (Å²) in [6.45, 7) is 0.491. The third-order valence-corrected chi connectivity index (χ3v) is 6.97. The van der Waals surface area contributed by atoms with Crippen molar-refractivity contribution in [3.05, 3.63) is 12.3 Å². The van der Waals surface area contributed by atoms with E-state index in [0.29, 0.717) is 30.6 Å². The van der Waals surface area contributed by atoms with Crippen LogP contribution >= 0.6 is 11.5 Å². The maximum Gasteiger partial charge on any atom is 0.251 e. The second-order valence-electron chi connectivity index (χ2n) is 5.38. The van der Waals surface area contributed by atoms with E-state index in [1.165, 1.54) is 18.7 Å². The van der Waals surface area contributed by atoms with Crippen LogP contribution in [0.1, 0.15) is 12.8 Å². The lowest BCUT2D eigenvalue weighted by Crippen LogP contribution is -2.34. The fourth-order valence-corrected chi connectivity index (χ4v) is 5.26. The number of sulfonamides is 1. The standard InChI is InChI=1S/C11H14N2O3S2/c14-18(15,10-1-2-12-17-10)13-5-6-3-9-7-4-8(7)11(6)16-9/h1-2,6-9,11,13H,3-5H2/t6-,7+,8-,9-,11+/m0/s1. The van der Waals surface area contributed by atoms with Gasteiger partial charge in [-0.15, -0.1) is 0 Å². The first-order chi connectivity index (χ1) is 8.65. The quantitative estimate of drug-likeness (QED) is 0.891. The van der Waals surface area contributed by atoms with Crippen molar-refractivity contribution >= 4 is 21.6 Å². The highest BCUT2D eigenvalue weighted by molar-refractivity contribution is 7.91. The molecule has 2 aliphatic heterocycles. The number of nitrogens with one attached hydrogen (secondary N) is 1. The molecule has 1 aromatic heterocycles. The van der Waals surface area contributed by atoms with Crippen LogP contribution in [0.25, 0.3) is 0 Å². The van der Waals surface area contributed by atoms with Crippen LogP contribution in [0.5, 0.6) is 0 Å². The zero-order valence-corrected chi connectivity index (χ0v) is 11.3. The molecule has 2 bridgehead atoms. The Labute approximate surface area is 110 Å². The van der Waals surface area contributed by atoms with E-state index in [9.17, 15) is 8.42 Å². The first-order valence-electron chi connectivity index (χ1n) is 6.21. The molecule has 4 rings (SSSR count). The van der Waals surface area contributed by atoms with E-state index in [2.05, 4.69) is 9.10 Å². The molecule has 1 aliphatic carbocycles. The molecule has 5 nitrogen and oxygen atoms in total. The van der Waals surface area contributed by atoms with Crippen molar-refractivity contribution in [2.45, 2.75) is 29.3 Å². The molecular formula is C11H14N2O3S2. The number of fused-ring (bicyclic) bond motifs is 5. The predicted molar refractivity (Wildman–Crippen MR) is 65.7 cm³/mol. The van der Waals surface area contributed by atoms with Crippen LogP contribution in [0, 0.1) is 17.8 Å². The Morgan fingerprint density at radius 2 is 2.33 bits per heavy atom. The molecule has 0 spiro atoms. The van der Waals surface area contributed by atoms with Crippen molar-refractivity contribution in [2.24, 2.45) is 17.8 Å². The molecule has 0 radical (unpaired) electrons. The fourth-order valence-electron chi connectivity index (χ4n) is 3.40. The van der Waals surface area contributed by atoms with Crippen LogP contribution in [0.15, 0.2) is 16.5 Å². The molecular weight excluding hydrogens is 272 g/mol. The highest BCUT2D eigenvalue weighted by Gasteiger charge is 2.62. The summed E-state index contributed by atoms with van der Waals surface area (Å²) in [4.78, 5) is 0. The summed E-state index contributed by atoms with van der Waals surface area (Å²) in [5.74, 6) is 1.84. The molecule has 3 fully saturated rings. The lowest BCUT2D eigenvalue weighted by molar-refractivity contribution is 0.0617. The highest BCUT2D eigenvalue weighted by Crippen LogP contribution is 2.60. The summed E-state index contributed by atoms with van der Waals surface area (Å²) in [5.41, 5.74) is 0. The number of aromatic nitrogens is 1. The molecule has 1 N–H and O–H groups in total. The largest absolute Gasteiger partial charge is 0.374 e. The minimum atomic E-state index is -3.37. The van der Waals surface area contributed by atoms with Gasteiger partial charge in [0.1, 0.15) is 0 Å². The van der Waals surface area contributed by atoms with E-state index in [-0.39, 0.29) is 4.21 Å². The maximum absolute atomic E-state index is 12.0. The Kier molecular flexibility index (Phi) is 2.36. The van der Waals surface area contributed by atoms with Crippen LogP contribution in [-0.4, -0.2) is 31.5 Å². The predicted octanol–water partition coefficient (Wildman–Crippen LogP) is 0.845. The van der Waals surface area contributed by atoms with Crippen molar-refractivity contribution < 1.29 is 13.2 Å². The molecule has 0 amide bonds. The molecule has 1 aromatic rings. The van der Waals surface area contributed by atoms with E-state index in [1.54, 1.807) is 0 Å². The average Bonchev–Trinajstić information content (AvgIpc) is 2.80. The topological polar surface area (TPSA) is 68.3 Å². The van der Waals surface area contributed by atoms with Gasteiger partial charge in [0.05, 0.1) is 12.2 Å². The fraction of sp³-hybridized carbons (Fsp3) is 0.727. The van der Waals surface area contributed by atoms with Gasteiger partial charge < -0.3 is 4.74 Å². The van der Waals surface area contributed by atoms with Crippen LogP contribution in [0.4, 0.5) is 0 Å². The average molecular weight is 286 g/mol. The van der Waals surface area contributed by atoms with Crippen LogP contribution in [0.2, 0.25) is 0 Å². The van der Waals surface area contributed by atoms with Gasteiger partial charge in [-0.25, -0.2) is 13.1 Å². The molecule has 0 unspecified atom stereocenters. The maximum atomic E-state index is 12.0. The molecule has 3 heterocycles. The number of hydrogen-bond acceptors (Lipinski definition) is 5. The summed E-state index contributed by atoms with van der Waals surface area (Å²) in [7, 11) is -3.37. The minimum absolute atomic E-state index is 0.288. The van der Waals surface area contributed by atoms with Crippen molar-refractivity contribution in [1.29, 1.82) is 0 Å². The van der Waals surface area contributed by atoms with E-state index in [0.717, 1.165) is 23.9 Å². The van der Waals surface area contributed by atoms with Crippen LogP contribution in [-0.2, 0) is 14.8 Å². The number of nitrogens with zero attached hydrogens (tertiary/aromatic N) is 1. The Balaban J connectivity index is 1.42. The number of rotatable bonds is 4. The Morgan fingerprint density at radius 3 is 3.00 bits per heavy atom. The second kappa shape index (κ2) is 3.75. The number of hydrogen-bond donors (Lipinski definition) is 1. The van der Waals surface area contributed by atoms with Crippen LogP contribution in [0.3, 0.4) is 0 Å². The second-order valence-corrected chi connectivity index (χ2v) is 8.21. The highest BCUT2D eigenvalue weighted by atomic mass is 32.2. The third kappa shape index (κ3) is 1.65. The van der Waals surface area contributed by atoms with Crippen LogP contribution < -0.4 is 4.72 Å². The van der Waals surface area contributed by atoms with Gasteiger partial charge in [-0.05, 0) is 42.3 Å². The smallest absolute Gasteiger partial charge is 0.251 e. The molecule has 5 atom stereocenters. The summed E-state index contributed by atoms with van der Waals surface area (Å²) in [6, 6.07) is 1.53. The third-order valence-electron chi connectivity index (χ3n) is 4.34. The van der Waals surface area contributed by atoms with Gasteiger partial charge in [-0.2, -0.15) is 4.37 Å². The molecule has 98 valence electrons. The van der Waals surface area contributed by atoms with Crippen molar-refractivity contribution in [3.63, 3.8) is 0 Å². The molecule has 2 saturated heterocycles. The Hall–Kier alpha value is -0.500. The summed E-state index contributed by atoms with van der Waals surface area (Å²) in [6.07, 6.45) is 4.50. The zero-order valence-electron chi connectivity index (χ0n) is 9.65. The van der Waals surface area contributed by atoms with Gasteiger partial charge in [0.25, 0.3) is 10.0 Å². The lowest BCUT2D eigenvalue weighted by Gasteiger charge is -2.18. The SMILES string of the molecule is O=S(=O)(NC[C@@H]1C[C@@H]2O[C@H]1[C@H]1C[C@H]12)c1ccns1. The number of ether oxygens (including phenoxy) is 1. The molecule has 3 aliphatic rings. The molecule has 7 heteroatoms. The Morgan fingerprint density at radius 1 is 1.44 bits per heavy atom. The van der Waals surface area contributed by atoms with E-state index in [1.807, 2.05) is 0 Å². The van der Waals surface area contributed by atoms with Crippen molar-refractivity contribution in [2.75, 3.05) is 6.54 Å². The lowest BCUT2D eigenvalue weighted by atomic mass is 9.89. The van der Waals surface area contributed by atoms with E-state index >= 15 is 0 Å². The Bertz CT molecular complexity index is 557. The van der Waals surface area contributed by atoms with Gasteiger partial charge in [-0.1, -0.05) is 0 Å². The first-order valence-corrected chi connectivity index (χ1v) is 8.46. The normalized spacial score (nSPS) is 41.0. The minimum Gasteiger partial charge on any atom is -0.374 e. The van der Waals surface area contributed by atoms with Gasteiger partial charge in [-0.3, -0.25) is 0 Å². The van der Waals surface area contributed by atoms with E-state index in [4.69, 9.17) is 4.74 Å². The summed E-state index contributed by atoms with van der Waals surface area (Å²) in [5, 5.41) is 0.